The van der Waals surface area contributed by atoms with E-state index in [1.54, 1.807) is 11.6 Å². The summed E-state index contributed by atoms with van der Waals surface area (Å²) in [4.78, 5) is 15.0. The summed E-state index contributed by atoms with van der Waals surface area (Å²) in [6, 6.07) is 3.43. The maximum Gasteiger partial charge on any atom is 0.319 e. The molecule has 0 aliphatic rings. The second-order valence-electron chi connectivity index (χ2n) is 4.31. The fourth-order valence-corrected chi connectivity index (χ4v) is 3.30. The minimum Gasteiger partial charge on any atom is -0.395 e. The summed E-state index contributed by atoms with van der Waals surface area (Å²) in [7, 11) is 0. The minimum atomic E-state index is -0.413. The van der Waals surface area contributed by atoms with Crippen molar-refractivity contribution in [1.82, 2.24) is 4.98 Å². The van der Waals surface area contributed by atoms with Gasteiger partial charge in [0.05, 0.1) is 21.7 Å². The molecule has 1 aromatic heterocycles. The van der Waals surface area contributed by atoms with Gasteiger partial charge < -0.3 is 10.4 Å². The zero-order valence-electron chi connectivity index (χ0n) is 11.1. The molecule has 0 saturated carbocycles. The summed E-state index contributed by atoms with van der Waals surface area (Å²) in [6.07, 6.45) is 1.90. The number of aromatic nitrogens is 1. The quantitative estimate of drug-likeness (QED) is 0.630. The van der Waals surface area contributed by atoms with E-state index in [0.717, 1.165) is 4.70 Å². The number of hydrogen-bond acceptors (Lipinski definition) is 7. The van der Waals surface area contributed by atoms with Gasteiger partial charge in [-0.1, -0.05) is 0 Å². The first-order valence-corrected chi connectivity index (χ1v) is 8.16. The van der Waals surface area contributed by atoms with Gasteiger partial charge in [0.1, 0.15) is 5.69 Å². The van der Waals surface area contributed by atoms with Crippen LogP contribution in [0, 0.1) is 10.1 Å². The second kappa shape index (κ2) is 6.38. The lowest BCUT2D eigenvalue weighted by Gasteiger charge is -2.22. The van der Waals surface area contributed by atoms with Crippen LogP contribution in [-0.4, -0.2) is 39.2 Å². The van der Waals surface area contributed by atoms with E-state index in [-0.39, 0.29) is 23.6 Å². The number of nitrogens with zero attached hydrogens (tertiary/aromatic N) is 2. The lowest BCUT2D eigenvalue weighted by Crippen LogP contribution is -2.31. The zero-order valence-corrected chi connectivity index (χ0v) is 12.7. The topological polar surface area (TPSA) is 88.3 Å². The number of aliphatic hydroxyl groups excluding tert-OH is 1. The van der Waals surface area contributed by atoms with Crippen LogP contribution in [0.15, 0.2) is 17.6 Å². The molecule has 20 heavy (non-hydrogen) atoms. The number of rotatable bonds is 6. The number of aliphatic hydroxyl groups is 1. The average Bonchev–Trinajstić information content (AvgIpc) is 2.87. The molecule has 0 saturated heterocycles. The van der Waals surface area contributed by atoms with Gasteiger partial charge in [0.15, 0.2) is 5.52 Å². The van der Waals surface area contributed by atoms with Gasteiger partial charge in [0.2, 0.25) is 0 Å². The predicted molar refractivity (Wildman–Crippen MR) is 83.7 cm³/mol. The number of hydrogen-bond donors (Lipinski definition) is 2. The summed E-state index contributed by atoms with van der Waals surface area (Å²) >= 11 is 2.90. The SMILES string of the molecule is CSC(CO)C(C)Nc1ccc2scnc2c1[N+](=O)[O-]. The van der Waals surface area contributed by atoms with E-state index in [1.165, 1.54) is 23.1 Å². The summed E-state index contributed by atoms with van der Waals surface area (Å²) < 4.78 is 0.790. The lowest BCUT2D eigenvalue weighted by molar-refractivity contribution is -0.382. The number of anilines is 1. The van der Waals surface area contributed by atoms with Crippen molar-refractivity contribution in [2.45, 2.75) is 18.2 Å². The maximum atomic E-state index is 11.3. The van der Waals surface area contributed by atoms with Gasteiger partial charge in [0.25, 0.3) is 0 Å². The Hall–Kier alpha value is -1.38. The maximum absolute atomic E-state index is 11.3. The monoisotopic (exact) mass is 313 g/mol. The first-order valence-electron chi connectivity index (χ1n) is 5.99. The molecule has 1 heterocycles. The van der Waals surface area contributed by atoms with E-state index in [0.29, 0.717) is 11.2 Å². The molecule has 2 aromatic rings. The molecule has 0 aliphatic heterocycles. The molecule has 2 N–H and O–H groups in total. The third kappa shape index (κ3) is 2.87. The fraction of sp³-hybridized carbons (Fsp3) is 0.417. The Morgan fingerprint density at radius 1 is 1.60 bits per heavy atom. The Kier molecular flexibility index (Phi) is 4.79. The van der Waals surface area contributed by atoms with Crippen molar-refractivity contribution in [1.29, 1.82) is 0 Å². The van der Waals surface area contributed by atoms with Crippen LogP contribution in [0.25, 0.3) is 10.2 Å². The van der Waals surface area contributed by atoms with Crippen molar-refractivity contribution in [3.8, 4) is 0 Å². The van der Waals surface area contributed by atoms with Gasteiger partial charge in [-0.15, -0.1) is 11.3 Å². The van der Waals surface area contributed by atoms with Crippen molar-refractivity contribution in [2.75, 3.05) is 18.2 Å². The van der Waals surface area contributed by atoms with Gasteiger partial charge in [-0.25, -0.2) is 4.98 Å². The van der Waals surface area contributed by atoms with Crippen LogP contribution >= 0.6 is 23.1 Å². The molecule has 0 bridgehead atoms. The molecule has 2 atom stereocenters. The standard InChI is InChI=1S/C12H15N3O3S2/c1-7(10(5-16)19-2)14-8-3-4-9-11(13-6-20-9)12(8)15(17)18/h3-4,6-7,10,14,16H,5H2,1-2H3. The van der Waals surface area contributed by atoms with Crippen LogP contribution in [0.5, 0.6) is 0 Å². The molecule has 2 unspecified atom stereocenters. The summed E-state index contributed by atoms with van der Waals surface area (Å²) in [5.74, 6) is 0. The van der Waals surface area contributed by atoms with Crippen LogP contribution in [0.3, 0.4) is 0 Å². The molecule has 108 valence electrons. The number of thioether (sulfide) groups is 1. The highest BCUT2D eigenvalue weighted by atomic mass is 32.2. The van der Waals surface area contributed by atoms with Gasteiger partial charge in [-0.05, 0) is 25.3 Å². The molecule has 2 rings (SSSR count). The van der Waals surface area contributed by atoms with E-state index < -0.39 is 4.92 Å². The van der Waals surface area contributed by atoms with Crippen molar-refractivity contribution in [3.05, 3.63) is 27.8 Å². The smallest absolute Gasteiger partial charge is 0.319 e. The zero-order chi connectivity index (χ0) is 14.7. The van der Waals surface area contributed by atoms with E-state index >= 15 is 0 Å². The van der Waals surface area contributed by atoms with Gasteiger partial charge in [0, 0.05) is 11.3 Å². The number of benzene rings is 1. The highest BCUT2D eigenvalue weighted by Crippen LogP contribution is 2.35. The number of nitro benzene ring substituents is 1. The second-order valence-corrected chi connectivity index (χ2v) is 6.27. The van der Waals surface area contributed by atoms with Crippen molar-refractivity contribution >= 4 is 44.7 Å². The molecule has 8 heteroatoms. The highest BCUT2D eigenvalue weighted by Gasteiger charge is 2.23. The molecule has 0 fully saturated rings. The third-order valence-electron chi connectivity index (χ3n) is 3.08. The molecule has 0 spiro atoms. The van der Waals surface area contributed by atoms with Crippen LogP contribution < -0.4 is 5.32 Å². The van der Waals surface area contributed by atoms with Crippen molar-refractivity contribution in [3.63, 3.8) is 0 Å². The molecular formula is C12H15N3O3S2. The van der Waals surface area contributed by atoms with Crippen molar-refractivity contribution in [2.24, 2.45) is 0 Å². The largest absolute Gasteiger partial charge is 0.395 e. The highest BCUT2D eigenvalue weighted by molar-refractivity contribution is 7.99. The van der Waals surface area contributed by atoms with Crippen LogP contribution in [0.2, 0.25) is 0 Å². The lowest BCUT2D eigenvalue weighted by atomic mass is 10.2. The first kappa shape index (κ1) is 15.0. The number of nitrogens with one attached hydrogen (secondary N) is 1. The van der Waals surface area contributed by atoms with Crippen LogP contribution in [-0.2, 0) is 0 Å². The Morgan fingerprint density at radius 3 is 2.95 bits per heavy atom. The van der Waals surface area contributed by atoms with E-state index in [9.17, 15) is 15.2 Å². The predicted octanol–water partition coefficient (Wildman–Crippen LogP) is 2.73. The summed E-state index contributed by atoms with van der Waals surface area (Å²) in [6.45, 7) is 1.91. The van der Waals surface area contributed by atoms with Crippen molar-refractivity contribution < 1.29 is 10.0 Å². The normalized spacial score (nSPS) is 14.2. The third-order valence-corrected chi connectivity index (χ3v) is 5.04. The van der Waals surface area contributed by atoms with Crippen LogP contribution in [0.4, 0.5) is 11.4 Å². The molecular weight excluding hydrogens is 298 g/mol. The summed E-state index contributed by atoms with van der Waals surface area (Å²) in [5, 5.41) is 23.7. The molecule has 1 aromatic carbocycles. The van der Waals surface area contributed by atoms with Gasteiger partial charge >= 0.3 is 5.69 Å². The fourth-order valence-electron chi connectivity index (χ4n) is 1.99. The number of fused-ring (bicyclic) bond motifs is 1. The Bertz CT molecular complexity index is 613. The van der Waals surface area contributed by atoms with Gasteiger partial charge in [-0.2, -0.15) is 11.8 Å². The first-order chi connectivity index (χ1) is 9.58. The Balaban J connectivity index is 2.38. The summed E-state index contributed by atoms with van der Waals surface area (Å²) in [5.41, 5.74) is 2.44. The van der Waals surface area contributed by atoms with E-state index in [1.807, 2.05) is 19.2 Å². The Morgan fingerprint density at radius 2 is 2.35 bits per heavy atom. The average molecular weight is 313 g/mol. The molecule has 0 radical (unpaired) electrons. The molecule has 0 aliphatic carbocycles. The minimum absolute atomic E-state index is 0.00612. The number of thiazole rings is 1. The number of nitro groups is 1. The molecule has 0 amide bonds. The van der Waals surface area contributed by atoms with E-state index in [4.69, 9.17) is 0 Å². The molecule has 6 nitrogen and oxygen atoms in total. The van der Waals surface area contributed by atoms with E-state index in [2.05, 4.69) is 10.3 Å². The van der Waals surface area contributed by atoms with Crippen LogP contribution in [0.1, 0.15) is 6.92 Å². The Labute approximate surface area is 124 Å². The van der Waals surface area contributed by atoms with Gasteiger partial charge in [-0.3, -0.25) is 10.1 Å².